The second kappa shape index (κ2) is 6.06. The topological polar surface area (TPSA) is 41.2 Å². The minimum absolute atomic E-state index is 0.296. The van der Waals surface area contributed by atoms with Gasteiger partial charge < -0.3 is 9.72 Å². The highest BCUT2D eigenvalue weighted by atomic mass is 16.5. The molecule has 0 fully saturated rings. The third-order valence-corrected chi connectivity index (χ3v) is 3.63. The van der Waals surface area contributed by atoms with Crippen molar-refractivity contribution in [3.63, 3.8) is 0 Å². The van der Waals surface area contributed by atoms with Gasteiger partial charge in [0.2, 0.25) is 0 Å². The highest BCUT2D eigenvalue weighted by Crippen LogP contribution is 2.23. The largest absolute Gasteiger partial charge is 0.497 e. The average Bonchev–Trinajstić information content (AvgIpc) is 2.86. The van der Waals surface area contributed by atoms with Crippen molar-refractivity contribution < 1.29 is 4.74 Å². The molecule has 1 N–H and O–H groups in total. The quantitative estimate of drug-likeness (QED) is 0.866. The molecule has 0 saturated heterocycles. The van der Waals surface area contributed by atoms with E-state index in [1.54, 1.807) is 7.11 Å². The van der Waals surface area contributed by atoms with Gasteiger partial charge in [0.25, 0.3) is 0 Å². The number of aromatic nitrogens is 2. The third kappa shape index (κ3) is 3.07. The molecule has 0 aliphatic rings. The van der Waals surface area contributed by atoms with Crippen molar-refractivity contribution in [2.24, 2.45) is 0 Å². The lowest BCUT2D eigenvalue weighted by atomic mass is 10.2. The van der Waals surface area contributed by atoms with Crippen molar-refractivity contribution >= 4 is 11.0 Å². The first-order valence-electron chi connectivity index (χ1n) is 6.89. The zero-order valence-electron chi connectivity index (χ0n) is 12.2. The highest BCUT2D eigenvalue weighted by molar-refractivity contribution is 5.76. The minimum atomic E-state index is 0.296. The van der Waals surface area contributed by atoms with Crippen molar-refractivity contribution in [2.45, 2.75) is 32.7 Å². The fourth-order valence-electron chi connectivity index (χ4n) is 2.14. The maximum Gasteiger partial charge on any atom is 0.124 e. The van der Waals surface area contributed by atoms with Gasteiger partial charge >= 0.3 is 0 Å². The van der Waals surface area contributed by atoms with Crippen molar-refractivity contribution in [3.05, 3.63) is 24.0 Å². The molecule has 1 aromatic carbocycles. The Kier molecular flexibility index (Phi) is 4.43. The number of ether oxygens (including phenoxy) is 1. The maximum absolute atomic E-state index is 5.23. The molecule has 0 amide bonds. The summed E-state index contributed by atoms with van der Waals surface area (Å²) in [7, 11) is 3.83. The van der Waals surface area contributed by atoms with Gasteiger partial charge in [0.1, 0.15) is 11.6 Å². The van der Waals surface area contributed by atoms with Gasteiger partial charge in [-0.1, -0.05) is 13.3 Å². The van der Waals surface area contributed by atoms with E-state index in [-0.39, 0.29) is 0 Å². The summed E-state index contributed by atoms with van der Waals surface area (Å²) in [5.74, 6) is 1.87. The van der Waals surface area contributed by atoms with Crippen LogP contribution in [0.2, 0.25) is 0 Å². The van der Waals surface area contributed by atoms with Crippen LogP contribution in [0.5, 0.6) is 5.75 Å². The summed E-state index contributed by atoms with van der Waals surface area (Å²) in [4.78, 5) is 10.4. The normalized spacial score (nSPS) is 13.1. The van der Waals surface area contributed by atoms with Crippen LogP contribution in [0.4, 0.5) is 0 Å². The predicted octanol–water partition coefficient (Wildman–Crippen LogP) is 3.36. The highest BCUT2D eigenvalue weighted by Gasteiger charge is 2.15. The van der Waals surface area contributed by atoms with Gasteiger partial charge in [0.05, 0.1) is 24.2 Å². The van der Waals surface area contributed by atoms with Crippen molar-refractivity contribution in [1.82, 2.24) is 14.9 Å². The van der Waals surface area contributed by atoms with Crippen LogP contribution in [0, 0.1) is 0 Å². The summed E-state index contributed by atoms with van der Waals surface area (Å²) < 4.78 is 5.23. The van der Waals surface area contributed by atoms with Crippen LogP contribution in [0.25, 0.3) is 11.0 Å². The van der Waals surface area contributed by atoms with E-state index in [0.29, 0.717) is 6.04 Å². The first-order valence-corrected chi connectivity index (χ1v) is 6.89. The molecule has 1 atom stereocenters. The van der Waals surface area contributed by atoms with Crippen molar-refractivity contribution in [2.75, 3.05) is 20.7 Å². The summed E-state index contributed by atoms with van der Waals surface area (Å²) in [5.41, 5.74) is 2.02. The molecular weight excluding hydrogens is 238 g/mol. The van der Waals surface area contributed by atoms with Gasteiger partial charge in [-0.3, -0.25) is 4.90 Å². The van der Waals surface area contributed by atoms with Crippen LogP contribution in [0.1, 0.15) is 38.6 Å². The molecule has 0 saturated carbocycles. The van der Waals surface area contributed by atoms with Crippen molar-refractivity contribution in [1.29, 1.82) is 0 Å². The van der Waals surface area contributed by atoms with E-state index in [9.17, 15) is 0 Å². The lowest BCUT2D eigenvalue weighted by Gasteiger charge is -2.22. The van der Waals surface area contributed by atoms with Crippen LogP contribution in [0.3, 0.4) is 0 Å². The third-order valence-electron chi connectivity index (χ3n) is 3.63. The summed E-state index contributed by atoms with van der Waals surface area (Å²) in [5, 5.41) is 0. The molecule has 0 radical (unpaired) electrons. The average molecular weight is 261 g/mol. The fraction of sp³-hybridized carbons (Fsp3) is 0.533. The number of unbranched alkanes of at least 4 members (excludes halogenated alkanes) is 1. The predicted molar refractivity (Wildman–Crippen MR) is 78.6 cm³/mol. The Bertz CT molecular complexity index is 535. The summed E-state index contributed by atoms with van der Waals surface area (Å²) in [6.07, 6.45) is 2.43. The molecular formula is C15H23N3O. The standard InChI is InChI=1S/C15H23N3O/c1-5-6-9-18(3)11(2)15-16-13-8-7-12(19-4)10-14(13)17-15/h7-8,10-11H,5-6,9H2,1-4H3,(H,16,17). The number of fused-ring (bicyclic) bond motifs is 1. The first-order chi connectivity index (χ1) is 9.15. The number of imidazole rings is 1. The molecule has 0 bridgehead atoms. The van der Waals surface area contributed by atoms with E-state index >= 15 is 0 Å². The Morgan fingerprint density at radius 3 is 2.89 bits per heavy atom. The summed E-state index contributed by atoms with van der Waals surface area (Å²) in [6, 6.07) is 6.22. The van der Waals surface area contributed by atoms with E-state index in [4.69, 9.17) is 4.74 Å². The number of rotatable bonds is 6. The molecule has 19 heavy (non-hydrogen) atoms. The Hall–Kier alpha value is -1.55. The van der Waals surface area contributed by atoms with E-state index in [0.717, 1.165) is 29.2 Å². The molecule has 1 heterocycles. The second-order valence-electron chi connectivity index (χ2n) is 5.02. The molecule has 4 nitrogen and oxygen atoms in total. The molecule has 0 aliphatic carbocycles. The Morgan fingerprint density at radius 2 is 2.21 bits per heavy atom. The lowest BCUT2D eigenvalue weighted by Crippen LogP contribution is -2.24. The van der Waals surface area contributed by atoms with Crippen LogP contribution in [0.15, 0.2) is 18.2 Å². The number of H-pyrrole nitrogens is 1. The Labute approximate surface area is 114 Å². The zero-order chi connectivity index (χ0) is 13.8. The van der Waals surface area contributed by atoms with Gasteiger partial charge in [0, 0.05) is 6.07 Å². The van der Waals surface area contributed by atoms with Crippen LogP contribution in [-0.2, 0) is 0 Å². The molecule has 4 heteroatoms. The molecule has 2 rings (SSSR count). The maximum atomic E-state index is 5.23. The van der Waals surface area contributed by atoms with Gasteiger partial charge in [-0.25, -0.2) is 4.98 Å². The van der Waals surface area contributed by atoms with Gasteiger partial charge in [-0.15, -0.1) is 0 Å². The number of nitrogens with one attached hydrogen (secondary N) is 1. The summed E-state index contributed by atoms with van der Waals surface area (Å²) >= 11 is 0. The number of hydrogen-bond acceptors (Lipinski definition) is 3. The van der Waals surface area contributed by atoms with Gasteiger partial charge in [0.15, 0.2) is 0 Å². The molecule has 2 aromatic rings. The van der Waals surface area contributed by atoms with E-state index in [1.807, 2.05) is 18.2 Å². The lowest BCUT2D eigenvalue weighted by molar-refractivity contribution is 0.250. The number of nitrogens with zero attached hydrogens (tertiary/aromatic N) is 2. The Balaban J connectivity index is 2.20. The van der Waals surface area contributed by atoms with Gasteiger partial charge in [-0.05, 0) is 39.1 Å². The zero-order valence-corrected chi connectivity index (χ0v) is 12.2. The smallest absolute Gasteiger partial charge is 0.124 e. The minimum Gasteiger partial charge on any atom is -0.497 e. The SMILES string of the molecule is CCCCN(C)C(C)c1nc2ccc(OC)cc2[nH]1. The summed E-state index contributed by atoms with van der Waals surface area (Å²) in [6.45, 7) is 5.49. The van der Waals surface area contributed by atoms with Gasteiger partial charge in [-0.2, -0.15) is 0 Å². The second-order valence-corrected chi connectivity index (χ2v) is 5.02. The van der Waals surface area contributed by atoms with E-state index < -0.39 is 0 Å². The van der Waals surface area contributed by atoms with E-state index in [2.05, 4.69) is 35.8 Å². The van der Waals surface area contributed by atoms with Crippen LogP contribution >= 0.6 is 0 Å². The molecule has 0 spiro atoms. The van der Waals surface area contributed by atoms with E-state index in [1.165, 1.54) is 12.8 Å². The van der Waals surface area contributed by atoms with Crippen LogP contribution < -0.4 is 4.74 Å². The molecule has 104 valence electrons. The number of methoxy groups -OCH3 is 1. The number of aromatic amines is 1. The van der Waals surface area contributed by atoms with Crippen LogP contribution in [-0.4, -0.2) is 35.6 Å². The van der Waals surface area contributed by atoms with Crippen molar-refractivity contribution in [3.8, 4) is 5.75 Å². The number of hydrogen-bond donors (Lipinski definition) is 1. The number of benzene rings is 1. The molecule has 1 aromatic heterocycles. The molecule has 1 unspecified atom stereocenters. The first kappa shape index (κ1) is 13.9. The Morgan fingerprint density at radius 1 is 1.42 bits per heavy atom. The monoisotopic (exact) mass is 261 g/mol. The molecule has 0 aliphatic heterocycles. The fourth-order valence-corrected chi connectivity index (χ4v) is 2.14.